The smallest absolute Gasteiger partial charge is 0.217 e. The molecule has 3 rings (SSSR count). The van der Waals surface area contributed by atoms with E-state index in [1.807, 2.05) is 0 Å². The maximum Gasteiger partial charge on any atom is 0.217 e. The summed E-state index contributed by atoms with van der Waals surface area (Å²) in [5.41, 5.74) is 11.6. The van der Waals surface area contributed by atoms with Crippen molar-refractivity contribution < 1.29 is 69.3 Å². The third-order valence-corrected chi connectivity index (χ3v) is 6.65. The Kier molecular flexibility index (Phi) is 10.5. The standard InChI is InChI=1S/C20H37N3O14/c1-5(27)23-11-15(31)17(36-19-10(22)13(29)12(28)6(2-24)34-19)8(4-26)35-20(11)37-16-7(3-25)33-18(32)9(21)14(16)30/h6-20,24-26,28-32H,2-4,21-22H2,1H3,(H,23,27)/t6-,7-,8-,9-,10-,11-,12-,13-,14-,15-,16-,17+,18-,19+,20+/m1/s1. The van der Waals surface area contributed by atoms with Crippen LogP contribution in [0.3, 0.4) is 0 Å². The number of aliphatic hydroxyl groups is 8. The van der Waals surface area contributed by atoms with Crippen molar-refractivity contribution in [3.8, 4) is 0 Å². The van der Waals surface area contributed by atoms with Gasteiger partial charge in [0.15, 0.2) is 18.9 Å². The molecule has 0 aromatic heterocycles. The molecule has 0 aromatic carbocycles. The first-order valence-corrected chi connectivity index (χ1v) is 11.7. The van der Waals surface area contributed by atoms with E-state index in [0.29, 0.717) is 0 Å². The molecule has 216 valence electrons. The molecule has 15 atom stereocenters. The number of hydrogen-bond donors (Lipinski definition) is 11. The number of nitrogens with two attached hydrogens (primary N) is 2. The van der Waals surface area contributed by atoms with Crippen molar-refractivity contribution >= 4 is 5.91 Å². The Morgan fingerprint density at radius 2 is 1.24 bits per heavy atom. The highest BCUT2D eigenvalue weighted by Crippen LogP contribution is 2.31. The van der Waals surface area contributed by atoms with Crippen molar-refractivity contribution in [1.29, 1.82) is 0 Å². The maximum atomic E-state index is 11.9. The SMILES string of the molecule is CC(=O)N[C@H]1[C@H](O[C@H]2[C@H](O)[C@@H](N)[C@H](O)O[C@@H]2CO)O[C@H](CO)[C@H](O[C@@H]2O[C@H](CO)[C@@H](O)[C@H](O)[C@H]2N)[C@@H]1O. The van der Waals surface area contributed by atoms with Crippen LogP contribution in [-0.4, -0.2) is 159 Å². The minimum absolute atomic E-state index is 0.627. The Balaban J connectivity index is 1.83. The van der Waals surface area contributed by atoms with Crippen LogP contribution in [-0.2, 0) is 28.5 Å². The third-order valence-electron chi connectivity index (χ3n) is 6.65. The van der Waals surface area contributed by atoms with E-state index in [2.05, 4.69) is 5.32 Å². The number of carbonyl (C=O) groups excluding carboxylic acids is 1. The van der Waals surface area contributed by atoms with E-state index in [1.165, 1.54) is 0 Å². The summed E-state index contributed by atoms with van der Waals surface area (Å²) in [4.78, 5) is 11.9. The second-order valence-electron chi connectivity index (χ2n) is 9.24. The topological polar surface area (TPSA) is 289 Å². The van der Waals surface area contributed by atoms with Crippen LogP contribution in [0.5, 0.6) is 0 Å². The predicted molar refractivity (Wildman–Crippen MR) is 117 cm³/mol. The molecule has 37 heavy (non-hydrogen) atoms. The van der Waals surface area contributed by atoms with E-state index in [9.17, 15) is 45.6 Å². The molecular weight excluding hydrogens is 506 g/mol. The van der Waals surface area contributed by atoms with Gasteiger partial charge in [-0.25, -0.2) is 0 Å². The summed E-state index contributed by atoms with van der Waals surface area (Å²) in [6.45, 7) is -0.992. The van der Waals surface area contributed by atoms with Crippen LogP contribution in [0.15, 0.2) is 0 Å². The summed E-state index contributed by atoms with van der Waals surface area (Å²) < 4.78 is 27.8. The molecule has 3 saturated heterocycles. The highest BCUT2D eigenvalue weighted by molar-refractivity contribution is 5.73. The minimum Gasteiger partial charge on any atom is -0.394 e. The third kappa shape index (κ3) is 6.38. The number of hydrogen-bond acceptors (Lipinski definition) is 16. The van der Waals surface area contributed by atoms with Crippen LogP contribution >= 0.6 is 0 Å². The van der Waals surface area contributed by atoms with Gasteiger partial charge in [-0.15, -0.1) is 0 Å². The highest BCUT2D eigenvalue weighted by atomic mass is 16.7. The van der Waals surface area contributed by atoms with E-state index in [-0.39, 0.29) is 0 Å². The lowest BCUT2D eigenvalue weighted by Crippen LogP contribution is -2.70. The van der Waals surface area contributed by atoms with Gasteiger partial charge in [0, 0.05) is 6.92 Å². The fourth-order valence-electron chi connectivity index (χ4n) is 4.55. The molecule has 0 saturated carbocycles. The largest absolute Gasteiger partial charge is 0.394 e. The normalized spacial score (nSPS) is 49.0. The molecule has 3 aliphatic rings. The molecule has 0 radical (unpaired) electrons. The minimum atomic E-state index is -1.67. The number of rotatable bonds is 8. The predicted octanol–water partition coefficient (Wildman–Crippen LogP) is -7.50. The first kappa shape index (κ1) is 30.4. The van der Waals surface area contributed by atoms with Gasteiger partial charge < -0.3 is 81.3 Å². The fourth-order valence-corrected chi connectivity index (χ4v) is 4.55. The van der Waals surface area contributed by atoms with Crippen LogP contribution in [0.25, 0.3) is 0 Å². The zero-order valence-electron chi connectivity index (χ0n) is 20.0. The molecule has 0 unspecified atom stereocenters. The second kappa shape index (κ2) is 12.8. The van der Waals surface area contributed by atoms with Gasteiger partial charge in [-0.3, -0.25) is 4.79 Å². The van der Waals surface area contributed by atoms with E-state index < -0.39 is 118 Å². The first-order valence-electron chi connectivity index (χ1n) is 11.7. The van der Waals surface area contributed by atoms with Crippen molar-refractivity contribution in [2.24, 2.45) is 11.5 Å². The molecule has 0 aliphatic carbocycles. The molecule has 3 heterocycles. The van der Waals surface area contributed by atoms with Gasteiger partial charge in [0.25, 0.3) is 0 Å². The molecule has 3 fully saturated rings. The highest BCUT2D eigenvalue weighted by Gasteiger charge is 2.53. The lowest BCUT2D eigenvalue weighted by molar-refractivity contribution is -0.350. The summed E-state index contributed by atoms with van der Waals surface area (Å²) in [6, 6.07) is -4.04. The second-order valence-corrected chi connectivity index (χ2v) is 9.24. The van der Waals surface area contributed by atoms with E-state index in [0.717, 1.165) is 6.92 Å². The van der Waals surface area contributed by atoms with Gasteiger partial charge in [0.2, 0.25) is 5.91 Å². The fraction of sp³-hybridized carbons (Fsp3) is 0.950. The van der Waals surface area contributed by atoms with Crippen molar-refractivity contribution in [2.75, 3.05) is 19.8 Å². The Morgan fingerprint density at radius 1 is 0.730 bits per heavy atom. The molecule has 13 N–H and O–H groups in total. The first-order chi connectivity index (χ1) is 17.4. The Hall–Kier alpha value is -1.13. The van der Waals surface area contributed by atoms with Gasteiger partial charge in [-0.2, -0.15) is 0 Å². The molecule has 1 amide bonds. The van der Waals surface area contributed by atoms with Crippen LogP contribution in [0.2, 0.25) is 0 Å². The van der Waals surface area contributed by atoms with Crippen LogP contribution in [0, 0.1) is 0 Å². The van der Waals surface area contributed by atoms with E-state index in [4.69, 9.17) is 35.2 Å². The quantitative estimate of drug-likeness (QED) is 0.135. The Bertz CT molecular complexity index is 749. The van der Waals surface area contributed by atoms with Crippen LogP contribution in [0.1, 0.15) is 6.92 Å². The Morgan fingerprint density at radius 3 is 1.81 bits per heavy atom. The summed E-state index contributed by atoms with van der Waals surface area (Å²) in [6.07, 6.45) is -17.6. The average Bonchev–Trinajstić information content (AvgIpc) is 2.87. The van der Waals surface area contributed by atoms with Crippen LogP contribution in [0.4, 0.5) is 0 Å². The molecule has 0 spiro atoms. The van der Waals surface area contributed by atoms with Crippen molar-refractivity contribution in [1.82, 2.24) is 5.32 Å². The molecule has 17 nitrogen and oxygen atoms in total. The monoisotopic (exact) mass is 543 g/mol. The lowest BCUT2D eigenvalue weighted by Gasteiger charge is -2.49. The van der Waals surface area contributed by atoms with Gasteiger partial charge in [0.1, 0.15) is 61.0 Å². The van der Waals surface area contributed by atoms with Crippen molar-refractivity contribution in [2.45, 2.75) is 98.9 Å². The van der Waals surface area contributed by atoms with E-state index >= 15 is 0 Å². The molecule has 3 aliphatic heterocycles. The summed E-state index contributed by atoms with van der Waals surface area (Å²) in [5, 5.41) is 83.1. The average molecular weight is 544 g/mol. The van der Waals surface area contributed by atoms with Gasteiger partial charge >= 0.3 is 0 Å². The molecule has 0 bridgehead atoms. The number of amides is 1. The zero-order valence-corrected chi connectivity index (χ0v) is 20.0. The molecular formula is C20H37N3O14. The molecule has 17 heteroatoms. The van der Waals surface area contributed by atoms with Crippen LogP contribution < -0.4 is 16.8 Å². The van der Waals surface area contributed by atoms with Crippen molar-refractivity contribution in [3.05, 3.63) is 0 Å². The summed E-state index contributed by atoms with van der Waals surface area (Å²) >= 11 is 0. The van der Waals surface area contributed by atoms with Gasteiger partial charge in [-0.1, -0.05) is 0 Å². The van der Waals surface area contributed by atoms with Crippen molar-refractivity contribution in [3.63, 3.8) is 0 Å². The number of ether oxygens (including phenoxy) is 5. The van der Waals surface area contributed by atoms with Gasteiger partial charge in [0.05, 0.1) is 31.9 Å². The lowest BCUT2D eigenvalue weighted by atomic mass is 9.94. The number of nitrogens with one attached hydrogen (secondary N) is 1. The Labute approximate surface area is 211 Å². The zero-order chi connectivity index (χ0) is 27.6. The summed E-state index contributed by atoms with van der Waals surface area (Å²) in [5.74, 6) is -0.627. The summed E-state index contributed by atoms with van der Waals surface area (Å²) in [7, 11) is 0. The molecule has 0 aromatic rings. The number of aliphatic hydroxyl groups excluding tert-OH is 8. The maximum absolute atomic E-state index is 11.9. The van der Waals surface area contributed by atoms with E-state index in [1.54, 1.807) is 0 Å². The number of carbonyl (C=O) groups is 1. The van der Waals surface area contributed by atoms with Gasteiger partial charge in [-0.05, 0) is 0 Å².